The molecule has 0 spiro atoms. The van der Waals surface area contributed by atoms with Gasteiger partial charge in [-0.2, -0.15) is 4.40 Å². The smallest absolute Gasteiger partial charge is 0.411 e. The van der Waals surface area contributed by atoms with E-state index in [1.165, 1.54) is 34.1 Å². The number of imidazole rings is 1. The lowest BCUT2D eigenvalue weighted by Crippen LogP contribution is -3.00. The molecule has 1 saturated heterocycles. The molecule has 4 rings (SSSR count). The first-order valence-electron chi connectivity index (χ1n) is 9.65. The Morgan fingerprint density at radius 2 is 2.09 bits per heavy atom. The number of fused-ring (bicyclic) bond motifs is 2. The standard InChI is InChI=1S/C19H21FN4O5S2.HI/c1-7-10(13(18(27)28)24-12(7)11(9(3)25)15(24)26)14-8(2)22-6-23(19(21)29)16(17(22)31-14)30-5-4-20;/h6-7,9,11-12,25H,4-5H2,1-3H3,(H2-,21,27,28,29);1H/t7-,9+,11+,12-;/m0./s1. The number of thioether (sulfide) groups is 1. The third kappa shape index (κ3) is 3.44. The van der Waals surface area contributed by atoms with E-state index >= 15 is 0 Å². The topological polar surface area (TPSA) is 130 Å². The molecule has 0 radical (unpaired) electrons. The Labute approximate surface area is 208 Å². The highest BCUT2D eigenvalue weighted by molar-refractivity contribution is 7.99. The fraction of sp³-hybridized carbons (Fsp3) is 0.474. The summed E-state index contributed by atoms with van der Waals surface area (Å²) in [5.74, 6) is -2.43. The number of rotatable bonds is 6. The monoisotopic (exact) mass is 596 g/mol. The second-order valence-electron chi connectivity index (χ2n) is 7.68. The van der Waals surface area contributed by atoms with Gasteiger partial charge >= 0.3 is 12.0 Å². The molecule has 32 heavy (non-hydrogen) atoms. The van der Waals surface area contributed by atoms with Crippen LogP contribution in [0.2, 0.25) is 0 Å². The van der Waals surface area contributed by atoms with Gasteiger partial charge < -0.3 is 44.8 Å². The van der Waals surface area contributed by atoms with Crippen molar-refractivity contribution in [1.82, 2.24) is 9.47 Å². The van der Waals surface area contributed by atoms with Crippen LogP contribution < -0.4 is 34.1 Å². The van der Waals surface area contributed by atoms with Gasteiger partial charge in [0.1, 0.15) is 11.4 Å². The number of nitrogens with two attached hydrogens (primary N) is 1. The van der Waals surface area contributed by atoms with Crippen LogP contribution in [0.4, 0.5) is 9.18 Å². The number of aliphatic hydroxyl groups is 1. The molecule has 2 aliphatic heterocycles. The van der Waals surface area contributed by atoms with Crippen molar-refractivity contribution in [2.75, 3.05) is 12.4 Å². The fourth-order valence-corrected chi connectivity index (χ4v) is 6.95. The van der Waals surface area contributed by atoms with Crippen molar-refractivity contribution in [2.45, 2.75) is 37.9 Å². The normalized spacial score (nSPS) is 23.2. The predicted molar refractivity (Wildman–Crippen MR) is 111 cm³/mol. The maximum atomic E-state index is 12.8. The first kappa shape index (κ1) is 24.9. The van der Waals surface area contributed by atoms with Crippen LogP contribution >= 0.6 is 23.1 Å². The highest BCUT2D eigenvalue weighted by atomic mass is 127. The quantitative estimate of drug-likeness (QED) is 0.157. The molecule has 4 atom stereocenters. The number of aliphatic hydroxyl groups excluding tert-OH is 1. The Morgan fingerprint density at radius 3 is 2.62 bits per heavy atom. The number of halogens is 2. The number of amides is 2. The Balaban J connectivity index is 0.00000289. The number of thiazole rings is 1. The van der Waals surface area contributed by atoms with Gasteiger partial charge in [0.15, 0.2) is 0 Å². The Morgan fingerprint density at radius 1 is 1.44 bits per heavy atom. The molecular weight excluding hydrogens is 574 g/mol. The number of nitrogens with zero attached hydrogens (tertiary/aromatic N) is 3. The molecule has 0 aromatic carbocycles. The van der Waals surface area contributed by atoms with E-state index in [0.717, 1.165) is 11.8 Å². The van der Waals surface area contributed by atoms with Gasteiger partial charge in [0.05, 0.1) is 29.6 Å². The van der Waals surface area contributed by atoms with Crippen molar-refractivity contribution in [2.24, 2.45) is 17.6 Å². The zero-order valence-corrected chi connectivity index (χ0v) is 21.2. The van der Waals surface area contributed by atoms with E-state index in [1.807, 2.05) is 6.92 Å². The lowest BCUT2D eigenvalue weighted by molar-refractivity contribution is -0.515. The van der Waals surface area contributed by atoms with Gasteiger partial charge in [-0.05, 0) is 13.8 Å². The zero-order valence-electron chi connectivity index (χ0n) is 17.4. The summed E-state index contributed by atoms with van der Waals surface area (Å²) in [5.41, 5.74) is 6.59. The summed E-state index contributed by atoms with van der Waals surface area (Å²) in [6.07, 6.45) is 0.622. The second-order valence-corrected chi connectivity index (χ2v) is 9.76. The Kier molecular flexibility index (Phi) is 6.94. The number of β-lactam (4-membered cyclic amide) rings is 1. The number of alkyl halides is 1. The molecule has 0 saturated carbocycles. The highest BCUT2D eigenvalue weighted by Gasteiger charge is 2.60. The van der Waals surface area contributed by atoms with E-state index in [4.69, 9.17) is 5.73 Å². The number of carbonyl (C=O) groups is 3. The van der Waals surface area contributed by atoms with Gasteiger partial charge in [0.25, 0.3) is 6.33 Å². The van der Waals surface area contributed by atoms with E-state index in [9.17, 15) is 29.0 Å². The van der Waals surface area contributed by atoms with Gasteiger partial charge in [-0.15, -0.1) is 4.57 Å². The number of aliphatic carboxylic acids is 1. The van der Waals surface area contributed by atoms with Gasteiger partial charge in [0, 0.05) is 17.2 Å². The first-order chi connectivity index (χ1) is 14.6. The molecule has 13 heteroatoms. The van der Waals surface area contributed by atoms with E-state index < -0.39 is 42.6 Å². The Hall–Kier alpha value is -1.71. The summed E-state index contributed by atoms with van der Waals surface area (Å²) in [7, 11) is 0. The number of aromatic nitrogens is 2. The van der Waals surface area contributed by atoms with Crippen molar-refractivity contribution in [3.05, 3.63) is 22.6 Å². The van der Waals surface area contributed by atoms with Crippen LogP contribution in [0, 0.1) is 18.8 Å². The van der Waals surface area contributed by atoms with Crippen molar-refractivity contribution >= 4 is 51.4 Å². The minimum absolute atomic E-state index is 0. The average Bonchev–Trinajstić information content (AvgIpc) is 3.28. The summed E-state index contributed by atoms with van der Waals surface area (Å²) in [6, 6.07) is -1.13. The largest absolute Gasteiger partial charge is 1.00 e. The molecule has 0 aliphatic carbocycles. The van der Waals surface area contributed by atoms with Gasteiger partial charge in [0.2, 0.25) is 15.8 Å². The second kappa shape index (κ2) is 8.91. The molecule has 2 aromatic heterocycles. The number of carboxylic acids is 1. The molecule has 4 N–H and O–H groups in total. The zero-order chi connectivity index (χ0) is 22.8. The van der Waals surface area contributed by atoms with Crippen LogP contribution in [0.1, 0.15) is 24.4 Å². The van der Waals surface area contributed by atoms with Crippen LogP contribution in [0.3, 0.4) is 0 Å². The fourth-order valence-electron chi connectivity index (χ4n) is 4.58. The van der Waals surface area contributed by atoms with Crippen LogP contribution in [0.25, 0.3) is 10.4 Å². The van der Waals surface area contributed by atoms with Crippen LogP contribution in [-0.4, -0.2) is 62.2 Å². The minimum Gasteiger partial charge on any atom is -1.00 e. The number of hydrogen-bond donors (Lipinski definition) is 3. The van der Waals surface area contributed by atoms with Crippen molar-refractivity contribution in [3.8, 4) is 0 Å². The summed E-state index contributed by atoms with van der Waals surface area (Å²) >= 11 is 2.42. The van der Waals surface area contributed by atoms with Gasteiger partial charge in [-0.25, -0.2) is 9.59 Å². The van der Waals surface area contributed by atoms with E-state index in [2.05, 4.69) is 0 Å². The number of carboxylic acid groups (broad SMARTS) is 1. The molecule has 174 valence electrons. The molecule has 2 aromatic rings. The molecule has 4 heterocycles. The molecule has 2 amide bonds. The Bertz CT molecular complexity index is 1160. The lowest BCUT2D eigenvalue weighted by Gasteiger charge is -2.46. The minimum atomic E-state index is -1.21. The summed E-state index contributed by atoms with van der Waals surface area (Å²) in [5, 5.41) is 20.4. The predicted octanol–water partition coefficient (Wildman–Crippen LogP) is -1.76. The number of aryl methyl sites for hydroxylation is 1. The molecule has 0 unspecified atom stereocenters. The molecule has 9 nitrogen and oxygen atoms in total. The number of hydrogen-bond acceptors (Lipinski definition) is 6. The third-order valence-electron chi connectivity index (χ3n) is 5.91. The maximum Gasteiger partial charge on any atom is 0.411 e. The van der Waals surface area contributed by atoms with Crippen molar-refractivity contribution in [1.29, 1.82) is 0 Å². The molecule has 2 aliphatic rings. The third-order valence-corrected chi connectivity index (χ3v) is 8.37. The molecule has 1 fully saturated rings. The van der Waals surface area contributed by atoms with Gasteiger partial charge in [-0.3, -0.25) is 9.18 Å². The summed E-state index contributed by atoms with van der Waals surface area (Å²) < 4.78 is 15.8. The molecule has 0 bridgehead atoms. The lowest BCUT2D eigenvalue weighted by atomic mass is 9.77. The van der Waals surface area contributed by atoms with E-state index in [0.29, 0.717) is 26.0 Å². The van der Waals surface area contributed by atoms with Crippen LogP contribution in [0.5, 0.6) is 0 Å². The molecular formula is C19H22FIN4O5S2. The number of primary amides is 1. The number of carbonyl (C=O) groups excluding carboxylic acids is 2. The van der Waals surface area contributed by atoms with Crippen LogP contribution in [-0.2, 0) is 9.59 Å². The van der Waals surface area contributed by atoms with Gasteiger partial charge in [-0.1, -0.05) is 30.0 Å². The van der Waals surface area contributed by atoms with Crippen LogP contribution in [0.15, 0.2) is 17.1 Å². The average molecular weight is 596 g/mol. The van der Waals surface area contributed by atoms with Crippen molar-refractivity contribution in [3.63, 3.8) is 0 Å². The summed E-state index contributed by atoms with van der Waals surface area (Å²) in [6.45, 7) is 4.59. The SMILES string of the molecule is Cc1c(C2=C(C(=O)O)N3C(=O)[C@H]([C@@H](C)O)[C@@H]3[C@H]2C)sc2c(SCCF)n(C(N)=O)c[n+]12.[I-]. The maximum absolute atomic E-state index is 12.8. The van der Waals surface area contributed by atoms with E-state index in [1.54, 1.807) is 11.3 Å². The van der Waals surface area contributed by atoms with E-state index in [-0.39, 0.29) is 41.3 Å². The van der Waals surface area contributed by atoms with Crippen molar-refractivity contribution < 1.29 is 57.4 Å². The summed E-state index contributed by atoms with van der Waals surface area (Å²) in [4.78, 5) is 39.2. The first-order valence-corrected chi connectivity index (χ1v) is 11.5. The highest BCUT2D eigenvalue weighted by Crippen LogP contribution is 2.52.